The molecule has 1 saturated carbocycles. The second-order valence-electron chi connectivity index (χ2n) is 8.44. The van der Waals surface area contributed by atoms with Crippen LogP contribution in [-0.2, 0) is 21.2 Å². The summed E-state index contributed by atoms with van der Waals surface area (Å²) in [6.45, 7) is 1.54. The molecule has 0 spiro atoms. The summed E-state index contributed by atoms with van der Waals surface area (Å²) in [4.78, 5) is 25.2. The van der Waals surface area contributed by atoms with Crippen molar-refractivity contribution in [3.05, 3.63) is 30.1 Å². The van der Waals surface area contributed by atoms with Crippen molar-refractivity contribution in [3.63, 3.8) is 0 Å². The molecule has 2 aliphatic heterocycles. The summed E-state index contributed by atoms with van der Waals surface area (Å²) in [5.74, 6) is 0.170. The van der Waals surface area contributed by atoms with E-state index in [4.69, 9.17) is 0 Å². The third kappa shape index (κ3) is 3.58. The molecule has 3 amide bonds. The lowest BCUT2D eigenvalue weighted by atomic mass is 9.91. The summed E-state index contributed by atoms with van der Waals surface area (Å²) in [5.41, 5.74) is 2.65. The minimum atomic E-state index is -3.08. The number of rotatable bonds is 5. The third-order valence-corrected chi connectivity index (χ3v) is 8.71. The molecule has 9 nitrogen and oxygen atoms in total. The number of nitrogens with zero attached hydrogens (tertiary/aromatic N) is 4. The van der Waals surface area contributed by atoms with Gasteiger partial charge in [-0.3, -0.25) is 15.0 Å². The average Bonchev–Trinajstić information content (AvgIpc) is 3.51. The van der Waals surface area contributed by atoms with Gasteiger partial charge >= 0.3 is 6.03 Å². The van der Waals surface area contributed by atoms with E-state index >= 15 is 0 Å². The van der Waals surface area contributed by atoms with Gasteiger partial charge in [0.25, 0.3) is 0 Å². The number of imide groups is 1. The SMILES string of the molecule is O=C1CCN(c2cnn3ccc(CC4CCN(S(=O)(=O)C5CC5)CC4)cc23)C(=O)N1. The summed E-state index contributed by atoms with van der Waals surface area (Å²) < 4.78 is 28.3. The fourth-order valence-corrected chi connectivity index (χ4v) is 6.29. The van der Waals surface area contributed by atoms with Gasteiger partial charge in [0.05, 0.1) is 22.7 Å². The maximum absolute atomic E-state index is 12.4. The number of fused-ring (bicyclic) bond motifs is 1. The van der Waals surface area contributed by atoms with Crippen LogP contribution in [0, 0.1) is 5.92 Å². The number of pyridine rings is 1. The Balaban J connectivity index is 1.29. The standard InChI is InChI=1S/C20H25N5O4S/c26-19-6-9-24(20(27)22-19)18-13-21-25-10-5-15(12-17(18)25)11-14-3-7-23(8-4-14)30(28,29)16-1-2-16/h5,10,12-14,16H,1-4,6-9,11H2,(H,22,26,27). The molecule has 4 heterocycles. The molecule has 0 aromatic carbocycles. The highest BCUT2D eigenvalue weighted by molar-refractivity contribution is 7.90. The van der Waals surface area contributed by atoms with Gasteiger partial charge in [0.2, 0.25) is 15.9 Å². The van der Waals surface area contributed by atoms with E-state index in [1.54, 1.807) is 19.9 Å². The zero-order valence-electron chi connectivity index (χ0n) is 16.7. The maximum atomic E-state index is 12.4. The predicted octanol–water partition coefficient (Wildman–Crippen LogP) is 1.53. The molecular weight excluding hydrogens is 406 g/mol. The molecule has 0 unspecified atom stereocenters. The highest BCUT2D eigenvalue weighted by Crippen LogP contribution is 2.34. The quantitative estimate of drug-likeness (QED) is 0.773. The normalized spacial score (nSPS) is 21.9. The van der Waals surface area contributed by atoms with Crippen molar-refractivity contribution in [1.29, 1.82) is 0 Å². The molecule has 3 aliphatic rings. The zero-order chi connectivity index (χ0) is 20.9. The molecule has 2 saturated heterocycles. The van der Waals surface area contributed by atoms with Crippen molar-refractivity contribution in [2.24, 2.45) is 5.92 Å². The Kier molecular flexibility index (Phi) is 4.78. The summed E-state index contributed by atoms with van der Waals surface area (Å²) in [7, 11) is -3.08. The molecule has 0 radical (unpaired) electrons. The Morgan fingerprint density at radius 3 is 2.57 bits per heavy atom. The number of amides is 3. The predicted molar refractivity (Wildman–Crippen MR) is 111 cm³/mol. The second-order valence-corrected chi connectivity index (χ2v) is 10.7. The van der Waals surface area contributed by atoms with Crippen LogP contribution >= 0.6 is 0 Å². The van der Waals surface area contributed by atoms with Crippen molar-refractivity contribution in [2.45, 2.75) is 43.8 Å². The van der Waals surface area contributed by atoms with Crippen LogP contribution in [0.25, 0.3) is 5.52 Å². The molecule has 2 aromatic rings. The minimum Gasteiger partial charge on any atom is -0.290 e. The van der Waals surface area contributed by atoms with E-state index in [-0.39, 0.29) is 17.6 Å². The van der Waals surface area contributed by atoms with Crippen LogP contribution in [0.3, 0.4) is 0 Å². The van der Waals surface area contributed by atoms with Gasteiger partial charge in [-0.15, -0.1) is 0 Å². The van der Waals surface area contributed by atoms with Gasteiger partial charge in [-0.05, 0) is 55.7 Å². The minimum absolute atomic E-state index is 0.140. The van der Waals surface area contributed by atoms with Gasteiger partial charge in [-0.25, -0.2) is 22.0 Å². The molecular formula is C20H25N5O4S. The molecule has 3 fully saturated rings. The first-order chi connectivity index (χ1) is 14.4. The Hall–Kier alpha value is -2.46. The lowest BCUT2D eigenvalue weighted by Gasteiger charge is -2.31. The first-order valence-corrected chi connectivity index (χ1v) is 12.0. The van der Waals surface area contributed by atoms with Crippen molar-refractivity contribution in [3.8, 4) is 0 Å². The fourth-order valence-electron chi connectivity index (χ4n) is 4.42. The maximum Gasteiger partial charge on any atom is 0.328 e. The second kappa shape index (κ2) is 7.35. The van der Waals surface area contributed by atoms with E-state index in [1.807, 2.05) is 18.3 Å². The molecule has 1 N–H and O–H groups in total. The largest absolute Gasteiger partial charge is 0.328 e. The number of nitrogens with one attached hydrogen (secondary N) is 1. The third-order valence-electron chi connectivity index (χ3n) is 6.31. The molecule has 2 aromatic heterocycles. The van der Waals surface area contributed by atoms with Crippen LogP contribution in [0.5, 0.6) is 0 Å². The average molecular weight is 432 g/mol. The molecule has 1 aliphatic carbocycles. The monoisotopic (exact) mass is 431 g/mol. The van der Waals surface area contributed by atoms with Crippen LogP contribution in [0.4, 0.5) is 10.5 Å². The van der Waals surface area contributed by atoms with Crippen LogP contribution in [0.2, 0.25) is 0 Å². The molecule has 0 bridgehead atoms. The number of carbonyl (C=O) groups excluding carboxylic acids is 2. The van der Waals surface area contributed by atoms with Crippen LogP contribution in [0.15, 0.2) is 24.5 Å². The Morgan fingerprint density at radius 2 is 1.87 bits per heavy atom. The van der Waals surface area contributed by atoms with Gasteiger partial charge in [-0.1, -0.05) is 0 Å². The summed E-state index contributed by atoms with van der Waals surface area (Å²) in [5, 5.41) is 6.54. The number of piperidine rings is 1. The van der Waals surface area contributed by atoms with Crippen LogP contribution in [0.1, 0.15) is 37.7 Å². The molecule has 160 valence electrons. The number of urea groups is 1. The molecule has 0 atom stereocenters. The van der Waals surface area contributed by atoms with Gasteiger partial charge in [-0.2, -0.15) is 5.10 Å². The van der Waals surface area contributed by atoms with E-state index in [1.165, 1.54) is 0 Å². The van der Waals surface area contributed by atoms with Gasteiger partial charge < -0.3 is 0 Å². The summed E-state index contributed by atoms with van der Waals surface area (Å²) >= 11 is 0. The molecule has 10 heteroatoms. The lowest BCUT2D eigenvalue weighted by molar-refractivity contribution is -0.120. The van der Waals surface area contributed by atoms with Gasteiger partial charge in [0.15, 0.2) is 0 Å². The smallest absolute Gasteiger partial charge is 0.290 e. The van der Waals surface area contributed by atoms with E-state index in [0.29, 0.717) is 31.2 Å². The van der Waals surface area contributed by atoms with E-state index < -0.39 is 16.1 Å². The topological polar surface area (TPSA) is 104 Å². The first kappa shape index (κ1) is 19.5. The summed E-state index contributed by atoms with van der Waals surface area (Å²) in [6.07, 6.45) is 8.00. The number of carbonyl (C=O) groups is 2. The fraction of sp³-hybridized carbons (Fsp3) is 0.550. The van der Waals surface area contributed by atoms with Gasteiger partial charge in [0.1, 0.15) is 0 Å². The first-order valence-electron chi connectivity index (χ1n) is 10.5. The van der Waals surface area contributed by atoms with Crippen molar-refractivity contribution in [2.75, 3.05) is 24.5 Å². The van der Waals surface area contributed by atoms with Crippen molar-refractivity contribution < 1.29 is 18.0 Å². The number of anilines is 1. The van der Waals surface area contributed by atoms with Gasteiger partial charge in [0, 0.05) is 32.3 Å². The Morgan fingerprint density at radius 1 is 1.10 bits per heavy atom. The molecule has 5 rings (SSSR count). The lowest BCUT2D eigenvalue weighted by Crippen LogP contribution is -2.49. The molecule has 30 heavy (non-hydrogen) atoms. The van der Waals surface area contributed by atoms with Crippen LogP contribution < -0.4 is 10.2 Å². The number of hydrogen-bond donors (Lipinski definition) is 1. The van der Waals surface area contributed by atoms with Crippen molar-refractivity contribution in [1.82, 2.24) is 19.2 Å². The van der Waals surface area contributed by atoms with E-state index in [9.17, 15) is 18.0 Å². The summed E-state index contributed by atoms with van der Waals surface area (Å²) in [6, 6.07) is 3.65. The highest BCUT2D eigenvalue weighted by atomic mass is 32.2. The number of aromatic nitrogens is 2. The Labute approximate surface area is 175 Å². The number of sulfonamides is 1. The van der Waals surface area contributed by atoms with E-state index in [2.05, 4.69) is 10.4 Å². The Bertz CT molecular complexity index is 1100. The highest BCUT2D eigenvalue weighted by Gasteiger charge is 2.41. The zero-order valence-corrected chi connectivity index (χ0v) is 17.5. The van der Waals surface area contributed by atoms with E-state index in [0.717, 1.165) is 43.2 Å². The van der Waals surface area contributed by atoms with Crippen LogP contribution in [-0.4, -0.2) is 59.2 Å². The van der Waals surface area contributed by atoms with Crippen molar-refractivity contribution >= 4 is 33.2 Å². The number of hydrogen-bond acceptors (Lipinski definition) is 5.